The second-order valence-corrected chi connectivity index (χ2v) is 5.82. The van der Waals surface area contributed by atoms with Crippen LogP contribution in [0.2, 0.25) is 0 Å². The highest BCUT2D eigenvalue weighted by Crippen LogP contribution is 2.11. The standard InChI is InChI=1S/C17H38N2/c1-3-5-6-7-8-9-11-14-17(4-2)19-16-13-10-12-15-18/h17,19H,3-16,18H2,1-2H3. The fourth-order valence-corrected chi connectivity index (χ4v) is 2.55. The molecular weight excluding hydrogens is 232 g/mol. The van der Waals surface area contributed by atoms with Crippen LogP contribution in [0, 0.1) is 0 Å². The first kappa shape index (κ1) is 18.9. The van der Waals surface area contributed by atoms with Crippen LogP contribution < -0.4 is 11.1 Å². The van der Waals surface area contributed by atoms with Crippen LogP contribution in [0.25, 0.3) is 0 Å². The third kappa shape index (κ3) is 14.1. The first-order valence-electron chi connectivity index (χ1n) is 8.78. The summed E-state index contributed by atoms with van der Waals surface area (Å²) >= 11 is 0. The first-order valence-corrected chi connectivity index (χ1v) is 8.78. The summed E-state index contributed by atoms with van der Waals surface area (Å²) in [6.45, 7) is 6.61. The second-order valence-electron chi connectivity index (χ2n) is 5.82. The number of hydrogen-bond acceptors (Lipinski definition) is 2. The molecular formula is C17H38N2. The summed E-state index contributed by atoms with van der Waals surface area (Å²) in [6, 6.07) is 0.744. The molecule has 0 rings (SSSR count). The molecule has 19 heavy (non-hydrogen) atoms. The van der Waals surface area contributed by atoms with Crippen molar-refractivity contribution >= 4 is 0 Å². The lowest BCUT2D eigenvalue weighted by Gasteiger charge is -2.16. The van der Waals surface area contributed by atoms with Gasteiger partial charge in [-0.1, -0.05) is 65.2 Å². The third-order valence-corrected chi connectivity index (χ3v) is 3.96. The van der Waals surface area contributed by atoms with Crippen LogP contribution in [0.5, 0.6) is 0 Å². The van der Waals surface area contributed by atoms with Crippen LogP contribution in [0.1, 0.15) is 90.9 Å². The summed E-state index contributed by atoms with van der Waals surface area (Å²) in [5, 5.41) is 3.70. The molecule has 0 aromatic carbocycles. The van der Waals surface area contributed by atoms with E-state index in [-0.39, 0.29) is 0 Å². The Morgan fingerprint density at radius 1 is 0.789 bits per heavy atom. The highest BCUT2D eigenvalue weighted by Gasteiger charge is 2.04. The van der Waals surface area contributed by atoms with E-state index < -0.39 is 0 Å². The summed E-state index contributed by atoms with van der Waals surface area (Å²) in [7, 11) is 0. The van der Waals surface area contributed by atoms with Gasteiger partial charge < -0.3 is 11.1 Å². The van der Waals surface area contributed by atoms with E-state index in [1.807, 2.05) is 0 Å². The van der Waals surface area contributed by atoms with Crippen LogP contribution in [-0.2, 0) is 0 Å². The lowest BCUT2D eigenvalue weighted by molar-refractivity contribution is 0.434. The molecule has 0 saturated heterocycles. The van der Waals surface area contributed by atoms with Crippen molar-refractivity contribution in [3.8, 4) is 0 Å². The maximum Gasteiger partial charge on any atom is 0.00644 e. The van der Waals surface area contributed by atoms with Crippen molar-refractivity contribution in [2.75, 3.05) is 13.1 Å². The molecule has 0 heterocycles. The van der Waals surface area contributed by atoms with Gasteiger partial charge in [0.2, 0.25) is 0 Å². The molecule has 1 unspecified atom stereocenters. The number of unbranched alkanes of at least 4 members (excludes halogenated alkanes) is 8. The average Bonchev–Trinajstić information content (AvgIpc) is 2.44. The number of nitrogens with one attached hydrogen (secondary N) is 1. The van der Waals surface area contributed by atoms with Crippen LogP contribution in [-0.4, -0.2) is 19.1 Å². The van der Waals surface area contributed by atoms with E-state index in [0.717, 1.165) is 12.6 Å². The van der Waals surface area contributed by atoms with E-state index >= 15 is 0 Å². The molecule has 0 aromatic heterocycles. The molecule has 0 aliphatic heterocycles. The number of hydrogen-bond donors (Lipinski definition) is 2. The molecule has 0 saturated carbocycles. The zero-order chi connectivity index (χ0) is 14.2. The molecule has 1 atom stereocenters. The molecule has 0 fully saturated rings. The van der Waals surface area contributed by atoms with E-state index in [9.17, 15) is 0 Å². The molecule has 0 aromatic rings. The fraction of sp³-hybridized carbons (Fsp3) is 1.00. The highest BCUT2D eigenvalue weighted by atomic mass is 14.9. The second kappa shape index (κ2) is 16.0. The van der Waals surface area contributed by atoms with Gasteiger partial charge in [-0.3, -0.25) is 0 Å². The molecule has 0 amide bonds. The molecule has 2 heteroatoms. The highest BCUT2D eigenvalue weighted by molar-refractivity contribution is 4.65. The quantitative estimate of drug-likeness (QED) is 0.426. The van der Waals surface area contributed by atoms with E-state index in [4.69, 9.17) is 5.73 Å². The smallest absolute Gasteiger partial charge is 0.00644 e. The van der Waals surface area contributed by atoms with Crippen LogP contribution in [0.4, 0.5) is 0 Å². The zero-order valence-electron chi connectivity index (χ0n) is 13.6. The van der Waals surface area contributed by atoms with E-state index in [1.165, 1.54) is 83.6 Å². The Balaban J connectivity index is 3.29. The average molecular weight is 271 g/mol. The van der Waals surface area contributed by atoms with Crippen LogP contribution >= 0.6 is 0 Å². The molecule has 0 bridgehead atoms. The lowest BCUT2D eigenvalue weighted by Crippen LogP contribution is -2.29. The van der Waals surface area contributed by atoms with Crippen molar-refractivity contribution in [3.63, 3.8) is 0 Å². The predicted molar refractivity (Wildman–Crippen MR) is 87.6 cm³/mol. The van der Waals surface area contributed by atoms with Gasteiger partial charge in [0.15, 0.2) is 0 Å². The van der Waals surface area contributed by atoms with Gasteiger partial charge in [-0.25, -0.2) is 0 Å². The summed E-state index contributed by atoms with van der Waals surface area (Å²) in [6.07, 6.45) is 16.3. The summed E-state index contributed by atoms with van der Waals surface area (Å²) in [5.74, 6) is 0. The summed E-state index contributed by atoms with van der Waals surface area (Å²) < 4.78 is 0. The minimum Gasteiger partial charge on any atom is -0.330 e. The third-order valence-electron chi connectivity index (χ3n) is 3.96. The topological polar surface area (TPSA) is 38.0 Å². The van der Waals surface area contributed by atoms with Gasteiger partial charge in [0, 0.05) is 6.04 Å². The van der Waals surface area contributed by atoms with Crippen molar-refractivity contribution in [1.82, 2.24) is 5.32 Å². The van der Waals surface area contributed by atoms with Gasteiger partial charge in [-0.05, 0) is 38.8 Å². The Labute approximate surface area is 121 Å². The van der Waals surface area contributed by atoms with E-state index in [1.54, 1.807) is 0 Å². The van der Waals surface area contributed by atoms with Gasteiger partial charge in [-0.2, -0.15) is 0 Å². The minimum absolute atomic E-state index is 0.744. The Hall–Kier alpha value is -0.0800. The predicted octanol–water partition coefficient (Wildman–Crippen LogP) is 4.62. The fourth-order valence-electron chi connectivity index (χ4n) is 2.55. The van der Waals surface area contributed by atoms with E-state index in [0.29, 0.717) is 0 Å². The first-order chi connectivity index (χ1) is 9.35. The normalized spacial score (nSPS) is 12.8. The van der Waals surface area contributed by atoms with Gasteiger partial charge in [0.25, 0.3) is 0 Å². The van der Waals surface area contributed by atoms with Gasteiger partial charge in [0.1, 0.15) is 0 Å². The lowest BCUT2D eigenvalue weighted by atomic mass is 10.0. The number of rotatable bonds is 15. The zero-order valence-corrected chi connectivity index (χ0v) is 13.6. The minimum atomic E-state index is 0.744. The molecule has 2 nitrogen and oxygen atoms in total. The van der Waals surface area contributed by atoms with Gasteiger partial charge >= 0.3 is 0 Å². The summed E-state index contributed by atoms with van der Waals surface area (Å²) in [5.41, 5.74) is 5.50. The Bertz CT molecular complexity index is 159. The van der Waals surface area contributed by atoms with Gasteiger partial charge in [-0.15, -0.1) is 0 Å². The maximum absolute atomic E-state index is 5.50. The van der Waals surface area contributed by atoms with Crippen molar-refractivity contribution in [2.24, 2.45) is 5.73 Å². The Kier molecular flexibility index (Phi) is 15.9. The van der Waals surface area contributed by atoms with Crippen LogP contribution in [0.3, 0.4) is 0 Å². The molecule has 0 spiro atoms. The number of nitrogens with two attached hydrogens (primary N) is 1. The largest absolute Gasteiger partial charge is 0.330 e. The van der Waals surface area contributed by atoms with Crippen molar-refractivity contribution in [2.45, 2.75) is 96.9 Å². The Morgan fingerprint density at radius 3 is 2.05 bits per heavy atom. The van der Waals surface area contributed by atoms with Crippen LogP contribution in [0.15, 0.2) is 0 Å². The summed E-state index contributed by atoms with van der Waals surface area (Å²) in [4.78, 5) is 0. The molecule has 3 N–H and O–H groups in total. The monoisotopic (exact) mass is 270 g/mol. The van der Waals surface area contributed by atoms with Crippen molar-refractivity contribution in [3.05, 3.63) is 0 Å². The van der Waals surface area contributed by atoms with Crippen molar-refractivity contribution < 1.29 is 0 Å². The molecule has 116 valence electrons. The van der Waals surface area contributed by atoms with E-state index in [2.05, 4.69) is 19.2 Å². The molecule has 0 radical (unpaired) electrons. The molecule has 0 aliphatic rings. The SMILES string of the molecule is CCCCCCCCCC(CC)NCCCCCN. The Morgan fingerprint density at radius 2 is 1.42 bits per heavy atom. The molecule has 0 aliphatic carbocycles. The maximum atomic E-state index is 5.50. The van der Waals surface area contributed by atoms with Gasteiger partial charge in [0.05, 0.1) is 0 Å². The van der Waals surface area contributed by atoms with Crippen molar-refractivity contribution in [1.29, 1.82) is 0 Å².